The molecule has 2 aromatic carbocycles. The summed E-state index contributed by atoms with van der Waals surface area (Å²) in [4.78, 5) is 27.8. The number of aliphatic hydroxyl groups is 1. The van der Waals surface area contributed by atoms with Crippen molar-refractivity contribution >= 4 is 11.8 Å². The molecule has 0 aliphatic rings. The Morgan fingerprint density at radius 3 is 1.91 bits per heavy atom. The predicted octanol–water partition coefficient (Wildman–Crippen LogP) is 1.81. The lowest BCUT2D eigenvalue weighted by Crippen LogP contribution is -2.57. The smallest absolute Gasteiger partial charge is 0.368 e. The highest BCUT2D eigenvalue weighted by Crippen LogP contribution is 2.41. The molecule has 120 valence electrons. The second-order valence-electron chi connectivity index (χ2n) is 4.75. The highest BCUT2D eigenvalue weighted by Gasteiger charge is 2.65. The van der Waals surface area contributed by atoms with Gasteiger partial charge in [0.15, 0.2) is 0 Å². The minimum Gasteiger partial charge on any atom is -0.371 e. The molecular weight excluding hydrogens is 308 g/mol. The van der Waals surface area contributed by atoms with E-state index in [9.17, 15) is 23.5 Å². The number of hydrogen-bond acceptors (Lipinski definition) is 5. The molecule has 23 heavy (non-hydrogen) atoms. The van der Waals surface area contributed by atoms with Crippen LogP contribution in [0.15, 0.2) is 60.7 Å². The van der Waals surface area contributed by atoms with Gasteiger partial charge in [-0.05, 0) is 0 Å². The van der Waals surface area contributed by atoms with E-state index in [4.69, 9.17) is 0 Å². The zero-order valence-corrected chi connectivity index (χ0v) is 11.8. The number of rotatable bonds is 5. The SMILES string of the molecule is NOC(=O)C(O)(c1ccccc1)C(F)(F)C(=O)c1ccccc1. The lowest BCUT2D eigenvalue weighted by atomic mass is 9.83. The van der Waals surface area contributed by atoms with Gasteiger partial charge in [0, 0.05) is 11.1 Å². The van der Waals surface area contributed by atoms with Crippen LogP contribution >= 0.6 is 0 Å². The quantitative estimate of drug-likeness (QED) is 0.647. The maximum atomic E-state index is 14.7. The topological polar surface area (TPSA) is 89.6 Å². The van der Waals surface area contributed by atoms with Gasteiger partial charge in [-0.15, -0.1) is 0 Å². The molecule has 0 heterocycles. The van der Waals surface area contributed by atoms with E-state index in [1.165, 1.54) is 36.4 Å². The van der Waals surface area contributed by atoms with Gasteiger partial charge in [0.25, 0.3) is 5.60 Å². The van der Waals surface area contributed by atoms with Gasteiger partial charge in [-0.2, -0.15) is 14.7 Å². The highest BCUT2D eigenvalue weighted by atomic mass is 19.3. The molecule has 1 unspecified atom stereocenters. The van der Waals surface area contributed by atoms with Crippen LogP contribution in [-0.2, 0) is 15.2 Å². The molecule has 0 bridgehead atoms. The van der Waals surface area contributed by atoms with E-state index in [0.29, 0.717) is 0 Å². The molecule has 0 amide bonds. The van der Waals surface area contributed by atoms with Gasteiger partial charge in [-0.1, -0.05) is 60.7 Å². The van der Waals surface area contributed by atoms with Crippen molar-refractivity contribution in [3.05, 3.63) is 71.8 Å². The fourth-order valence-electron chi connectivity index (χ4n) is 2.13. The molecule has 0 aliphatic carbocycles. The number of carbonyl (C=O) groups excluding carboxylic acids is 2. The van der Waals surface area contributed by atoms with E-state index < -0.39 is 28.8 Å². The summed E-state index contributed by atoms with van der Waals surface area (Å²) in [6.45, 7) is 0. The molecule has 1 atom stereocenters. The van der Waals surface area contributed by atoms with Gasteiger partial charge in [-0.3, -0.25) is 4.79 Å². The lowest BCUT2D eigenvalue weighted by molar-refractivity contribution is -0.202. The minimum atomic E-state index is -4.49. The summed E-state index contributed by atoms with van der Waals surface area (Å²) in [6, 6.07) is 12.9. The third-order valence-electron chi connectivity index (χ3n) is 3.37. The first-order valence-corrected chi connectivity index (χ1v) is 6.52. The second-order valence-corrected chi connectivity index (χ2v) is 4.75. The molecule has 0 aliphatic heterocycles. The average molecular weight is 321 g/mol. The van der Waals surface area contributed by atoms with Gasteiger partial charge >= 0.3 is 11.9 Å². The standard InChI is InChI=1S/C16H13F2NO4/c17-16(18,13(20)11-7-3-1-4-8-11)15(22,14(21)23-19)12-9-5-2-6-10-12/h1-10,22H,19H2. The highest BCUT2D eigenvalue weighted by molar-refractivity contribution is 6.05. The van der Waals surface area contributed by atoms with Crippen LogP contribution in [0.3, 0.4) is 0 Å². The van der Waals surface area contributed by atoms with Gasteiger partial charge in [0.2, 0.25) is 5.78 Å². The number of hydrogen-bond donors (Lipinski definition) is 2. The monoisotopic (exact) mass is 321 g/mol. The second kappa shape index (κ2) is 6.23. The number of Topliss-reactive ketones (excluding diaryl/α,β-unsaturated/α-hetero) is 1. The number of carbonyl (C=O) groups is 2. The fraction of sp³-hybridized carbons (Fsp3) is 0.125. The largest absolute Gasteiger partial charge is 0.371 e. The van der Waals surface area contributed by atoms with Crippen molar-refractivity contribution in [1.29, 1.82) is 0 Å². The number of ketones is 1. The van der Waals surface area contributed by atoms with Crippen molar-refractivity contribution < 1.29 is 28.3 Å². The first-order chi connectivity index (χ1) is 10.9. The Hall–Kier alpha value is -2.64. The summed E-state index contributed by atoms with van der Waals surface area (Å²) < 4.78 is 29.4. The molecule has 3 N–H and O–H groups in total. The van der Waals surface area contributed by atoms with Crippen molar-refractivity contribution in [3.63, 3.8) is 0 Å². The van der Waals surface area contributed by atoms with Crippen LogP contribution in [0.4, 0.5) is 8.78 Å². The van der Waals surface area contributed by atoms with E-state index in [-0.39, 0.29) is 5.56 Å². The van der Waals surface area contributed by atoms with Crippen molar-refractivity contribution in [3.8, 4) is 0 Å². The van der Waals surface area contributed by atoms with Crippen LogP contribution in [-0.4, -0.2) is 22.8 Å². The van der Waals surface area contributed by atoms with E-state index in [1.54, 1.807) is 0 Å². The summed E-state index contributed by atoms with van der Waals surface area (Å²) in [5.41, 5.74) is -4.42. The molecule has 0 saturated heterocycles. The summed E-state index contributed by atoms with van der Waals surface area (Å²) in [7, 11) is 0. The number of benzene rings is 2. The van der Waals surface area contributed by atoms with E-state index in [2.05, 4.69) is 10.7 Å². The maximum Gasteiger partial charge on any atom is 0.368 e. The van der Waals surface area contributed by atoms with Crippen LogP contribution in [0.1, 0.15) is 15.9 Å². The Bertz CT molecular complexity index is 707. The summed E-state index contributed by atoms with van der Waals surface area (Å²) in [5.74, 6) is -3.38. The fourth-order valence-corrected chi connectivity index (χ4v) is 2.13. The van der Waals surface area contributed by atoms with Crippen molar-refractivity contribution in [2.45, 2.75) is 11.5 Å². The first-order valence-electron chi connectivity index (χ1n) is 6.52. The van der Waals surface area contributed by atoms with Gasteiger partial charge in [0.05, 0.1) is 0 Å². The lowest BCUT2D eigenvalue weighted by Gasteiger charge is -2.32. The van der Waals surface area contributed by atoms with E-state index in [0.717, 1.165) is 24.3 Å². The predicted molar refractivity (Wildman–Crippen MR) is 76.3 cm³/mol. The minimum absolute atomic E-state index is 0.364. The zero-order valence-electron chi connectivity index (χ0n) is 11.8. The zero-order chi connectivity index (χ0) is 17.1. The Morgan fingerprint density at radius 2 is 1.43 bits per heavy atom. The number of nitrogens with two attached hydrogens (primary N) is 1. The van der Waals surface area contributed by atoms with Crippen LogP contribution in [0.25, 0.3) is 0 Å². The first kappa shape index (κ1) is 16.7. The Labute approximate surface area is 130 Å². The Morgan fingerprint density at radius 1 is 0.957 bits per heavy atom. The van der Waals surface area contributed by atoms with Crippen LogP contribution in [0.2, 0.25) is 0 Å². The molecule has 5 nitrogen and oxygen atoms in total. The van der Waals surface area contributed by atoms with Crippen LogP contribution in [0.5, 0.6) is 0 Å². The van der Waals surface area contributed by atoms with Crippen molar-refractivity contribution in [1.82, 2.24) is 0 Å². The molecule has 2 aromatic rings. The molecule has 0 saturated carbocycles. The van der Waals surface area contributed by atoms with Crippen LogP contribution in [0, 0.1) is 0 Å². The molecule has 2 rings (SSSR count). The molecule has 7 heteroatoms. The summed E-state index contributed by atoms with van der Waals surface area (Å²) in [5, 5.41) is 10.4. The molecular formula is C16H13F2NO4. The van der Waals surface area contributed by atoms with E-state index in [1.807, 2.05) is 0 Å². The molecule has 0 aromatic heterocycles. The number of alkyl halides is 2. The summed E-state index contributed by atoms with van der Waals surface area (Å²) >= 11 is 0. The van der Waals surface area contributed by atoms with Crippen molar-refractivity contribution in [2.75, 3.05) is 0 Å². The van der Waals surface area contributed by atoms with Crippen molar-refractivity contribution in [2.24, 2.45) is 5.90 Å². The van der Waals surface area contributed by atoms with Gasteiger partial charge < -0.3 is 9.94 Å². The Balaban J connectivity index is 2.59. The molecule has 0 fully saturated rings. The average Bonchev–Trinajstić information content (AvgIpc) is 2.60. The molecule has 0 radical (unpaired) electrons. The Kier molecular flexibility index (Phi) is 4.53. The van der Waals surface area contributed by atoms with Gasteiger partial charge in [-0.25, -0.2) is 4.79 Å². The van der Waals surface area contributed by atoms with E-state index >= 15 is 0 Å². The van der Waals surface area contributed by atoms with Gasteiger partial charge in [0.1, 0.15) is 0 Å². The van der Waals surface area contributed by atoms with Crippen LogP contribution < -0.4 is 5.90 Å². The normalized spacial score (nSPS) is 13.9. The third-order valence-corrected chi connectivity index (χ3v) is 3.37. The maximum absolute atomic E-state index is 14.7. The summed E-state index contributed by atoms with van der Waals surface area (Å²) in [6.07, 6.45) is 0. The third kappa shape index (κ3) is 2.71. The molecule has 0 spiro atoms. The number of halogens is 2.